The van der Waals surface area contributed by atoms with Gasteiger partial charge in [-0.2, -0.15) is 0 Å². The molecule has 0 spiro atoms. The lowest BCUT2D eigenvalue weighted by Crippen LogP contribution is -2.20. The first-order chi connectivity index (χ1) is 7.54. The minimum atomic E-state index is -0.696. The first kappa shape index (κ1) is 13.8. The summed E-state index contributed by atoms with van der Waals surface area (Å²) < 4.78 is 5.71. The van der Waals surface area contributed by atoms with Gasteiger partial charge in [-0.25, -0.2) is 0 Å². The van der Waals surface area contributed by atoms with Crippen LogP contribution in [0, 0.1) is 0 Å². The average Bonchev–Trinajstić information content (AvgIpc) is 2.22. The highest BCUT2D eigenvalue weighted by atomic mass is 79.9. The molecular weight excluding hydrogens is 315 g/mol. The standard InChI is InChI=1S/C11H11BrCl2O2/c1-2-16-11(15)10(14)5-7-3-4-8(12)6-9(7)13/h3-4,6,10H,2,5H2,1H3. The molecule has 0 aromatic heterocycles. The highest BCUT2D eigenvalue weighted by Gasteiger charge is 2.18. The summed E-state index contributed by atoms with van der Waals surface area (Å²) in [5, 5.41) is -0.108. The van der Waals surface area contributed by atoms with Crippen LogP contribution in [-0.2, 0) is 16.0 Å². The number of esters is 1. The molecular formula is C11H11BrCl2O2. The molecule has 0 saturated heterocycles. The van der Waals surface area contributed by atoms with Crippen LogP contribution in [0.1, 0.15) is 12.5 Å². The largest absolute Gasteiger partial charge is 0.465 e. The Morgan fingerprint density at radius 3 is 2.81 bits per heavy atom. The topological polar surface area (TPSA) is 26.3 Å². The number of rotatable bonds is 4. The van der Waals surface area contributed by atoms with Gasteiger partial charge >= 0.3 is 5.97 Å². The summed E-state index contributed by atoms with van der Waals surface area (Å²) in [7, 11) is 0. The Morgan fingerprint density at radius 1 is 1.56 bits per heavy atom. The lowest BCUT2D eigenvalue weighted by Gasteiger charge is -2.10. The summed E-state index contributed by atoms with van der Waals surface area (Å²) in [4.78, 5) is 11.3. The number of alkyl halides is 1. The zero-order chi connectivity index (χ0) is 12.1. The third kappa shape index (κ3) is 3.96. The maximum atomic E-state index is 11.3. The number of carbonyl (C=O) groups excluding carboxylic acids is 1. The number of halogens is 3. The monoisotopic (exact) mass is 324 g/mol. The first-order valence-electron chi connectivity index (χ1n) is 4.79. The maximum Gasteiger partial charge on any atom is 0.324 e. The molecule has 5 heteroatoms. The van der Waals surface area contributed by atoms with Crippen LogP contribution in [0.3, 0.4) is 0 Å². The smallest absolute Gasteiger partial charge is 0.324 e. The molecule has 0 N–H and O–H groups in total. The van der Waals surface area contributed by atoms with Crippen molar-refractivity contribution < 1.29 is 9.53 Å². The average molecular weight is 326 g/mol. The number of carbonyl (C=O) groups is 1. The lowest BCUT2D eigenvalue weighted by atomic mass is 10.1. The molecule has 1 aromatic carbocycles. The third-order valence-electron chi connectivity index (χ3n) is 1.96. The molecule has 0 aliphatic rings. The van der Waals surface area contributed by atoms with E-state index in [0.29, 0.717) is 18.1 Å². The van der Waals surface area contributed by atoms with Crippen molar-refractivity contribution in [3.05, 3.63) is 33.3 Å². The Morgan fingerprint density at radius 2 is 2.25 bits per heavy atom. The van der Waals surface area contributed by atoms with E-state index in [2.05, 4.69) is 15.9 Å². The van der Waals surface area contributed by atoms with Crippen molar-refractivity contribution in [2.24, 2.45) is 0 Å². The Hall–Kier alpha value is -0.250. The van der Waals surface area contributed by atoms with Crippen LogP contribution in [0.5, 0.6) is 0 Å². The minimum Gasteiger partial charge on any atom is -0.465 e. The molecule has 88 valence electrons. The Balaban J connectivity index is 2.69. The molecule has 0 saturated carbocycles. The fourth-order valence-corrected chi connectivity index (χ4v) is 2.18. The van der Waals surface area contributed by atoms with E-state index in [1.54, 1.807) is 13.0 Å². The van der Waals surface area contributed by atoms with E-state index in [4.69, 9.17) is 27.9 Å². The van der Waals surface area contributed by atoms with Crippen molar-refractivity contribution in [1.29, 1.82) is 0 Å². The summed E-state index contributed by atoms with van der Waals surface area (Å²) in [6.07, 6.45) is 0.368. The summed E-state index contributed by atoms with van der Waals surface area (Å²) >= 11 is 15.2. The zero-order valence-corrected chi connectivity index (χ0v) is 11.8. The first-order valence-corrected chi connectivity index (χ1v) is 6.40. The van der Waals surface area contributed by atoms with E-state index >= 15 is 0 Å². The SMILES string of the molecule is CCOC(=O)C(Cl)Cc1ccc(Br)cc1Cl. The van der Waals surface area contributed by atoms with E-state index in [1.165, 1.54) is 0 Å². The zero-order valence-electron chi connectivity index (χ0n) is 8.67. The van der Waals surface area contributed by atoms with Gasteiger partial charge in [0.2, 0.25) is 0 Å². The van der Waals surface area contributed by atoms with Crippen molar-refractivity contribution in [1.82, 2.24) is 0 Å². The Labute approximate surface area is 113 Å². The van der Waals surface area contributed by atoms with Gasteiger partial charge in [-0.3, -0.25) is 4.79 Å². The van der Waals surface area contributed by atoms with Gasteiger partial charge in [0.1, 0.15) is 5.38 Å². The van der Waals surface area contributed by atoms with Crippen LogP contribution in [-0.4, -0.2) is 18.0 Å². The predicted octanol–water partition coefficient (Wildman–Crippen LogP) is 3.82. The molecule has 0 amide bonds. The summed E-state index contributed by atoms with van der Waals surface area (Å²) in [6, 6.07) is 5.46. The summed E-state index contributed by atoms with van der Waals surface area (Å²) in [6.45, 7) is 2.07. The van der Waals surface area contributed by atoms with Gasteiger partial charge in [-0.1, -0.05) is 33.6 Å². The number of hydrogen-bond acceptors (Lipinski definition) is 2. The van der Waals surface area contributed by atoms with Crippen LogP contribution in [0.15, 0.2) is 22.7 Å². The molecule has 0 fully saturated rings. The minimum absolute atomic E-state index is 0.329. The van der Waals surface area contributed by atoms with E-state index < -0.39 is 11.3 Å². The second-order valence-electron chi connectivity index (χ2n) is 3.16. The van der Waals surface area contributed by atoms with Gasteiger partial charge < -0.3 is 4.74 Å². The van der Waals surface area contributed by atoms with E-state index in [0.717, 1.165) is 10.0 Å². The molecule has 2 nitrogen and oxygen atoms in total. The second-order valence-corrected chi connectivity index (χ2v) is 5.01. The van der Waals surface area contributed by atoms with E-state index in [-0.39, 0.29) is 0 Å². The third-order valence-corrected chi connectivity index (χ3v) is 3.13. The maximum absolute atomic E-state index is 11.3. The second kappa shape index (κ2) is 6.48. The van der Waals surface area contributed by atoms with E-state index in [1.807, 2.05) is 12.1 Å². The molecule has 16 heavy (non-hydrogen) atoms. The van der Waals surface area contributed by atoms with Crippen LogP contribution >= 0.6 is 39.1 Å². The number of hydrogen-bond donors (Lipinski definition) is 0. The quantitative estimate of drug-likeness (QED) is 0.621. The van der Waals surface area contributed by atoms with Crippen LogP contribution in [0.25, 0.3) is 0 Å². The van der Waals surface area contributed by atoms with Gasteiger partial charge in [-0.05, 0) is 24.6 Å². The van der Waals surface area contributed by atoms with Gasteiger partial charge in [-0.15, -0.1) is 11.6 Å². The molecule has 1 rings (SSSR count). The van der Waals surface area contributed by atoms with Crippen molar-refractivity contribution in [2.45, 2.75) is 18.7 Å². The van der Waals surface area contributed by atoms with Gasteiger partial charge in [0.25, 0.3) is 0 Å². The molecule has 0 aliphatic carbocycles. The fourth-order valence-electron chi connectivity index (χ4n) is 1.20. The van der Waals surface area contributed by atoms with Crippen molar-refractivity contribution >= 4 is 45.1 Å². The fraction of sp³-hybridized carbons (Fsp3) is 0.364. The van der Waals surface area contributed by atoms with Gasteiger partial charge in [0.15, 0.2) is 0 Å². The molecule has 1 unspecified atom stereocenters. The summed E-state index contributed by atoms with van der Waals surface area (Å²) in [5.74, 6) is -0.414. The Kier molecular flexibility index (Phi) is 5.59. The van der Waals surface area contributed by atoms with Crippen LogP contribution < -0.4 is 0 Å². The van der Waals surface area contributed by atoms with Gasteiger partial charge in [0, 0.05) is 15.9 Å². The van der Waals surface area contributed by atoms with Gasteiger partial charge in [0.05, 0.1) is 6.61 Å². The van der Waals surface area contributed by atoms with Crippen LogP contribution in [0.4, 0.5) is 0 Å². The number of ether oxygens (including phenoxy) is 1. The van der Waals surface area contributed by atoms with Crippen molar-refractivity contribution in [3.63, 3.8) is 0 Å². The molecule has 0 bridgehead atoms. The normalized spacial score (nSPS) is 12.2. The Bertz CT molecular complexity index is 382. The molecule has 0 heterocycles. The van der Waals surface area contributed by atoms with Crippen molar-refractivity contribution in [3.8, 4) is 0 Å². The molecule has 0 radical (unpaired) electrons. The molecule has 0 aliphatic heterocycles. The van der Waals surface area contributed by atoms with Crippen molar-refractivity contribution in [2.75, 3.05) is 6.61 Å². The lowest BCUT2D eigenvalue weighted by molar-refractivity contribution is -0.142. The molecule has 1 atom stereocenters. The highest BCUT2D eigenvalue weighted by Crippen LogP contribution is 2.23. The summed E-state index contributed by atoms with van der Waals surface area (Å²) in [5.41, 5.74) is 0.831. The molecule has 1 aromatic rings. The highest BCUT2D eigenvalue weighted by molar-refractivity contribution is 9.10. The number of benzene rings is 1. The predicted molar refractivity (Wildman–Crippen MR) is 69.1 cm³/mol. The van der Waals surface area contributed by atoms with E-state index in [9.17, 15) is 4.79 Å². The van der Waals surface area contributed by atoms with Crippen LogP contribution in [0.2, 0.25) is 5.02 Å².